The molecule has 3 aliphatic rings. The number of halogens is 1. The molecule has 0 unspecified atom stereocenters. The van der Waals surface area contributed by atoms with Crippen LogP contribution in [0.15, 0.2) is 47.6 Å². The molecule has 26 heavy (non-hydrogen) atoms. The minimum absolute atomic E-state index is 0.178. The number of rotatable bonds is 2. The number of benzene rings is 2. The van der Waals surface area contributed by atoms with E-state index in [1.165, 1.54) is 12.8 Å². The third kappa shape index (κ3) is 2.39. The Labute approximate surface area is 158 Å². The SMILES string of the molecule is COc1cccc(C2=NN3[C@@H](C2)c2cc(Cl)ccc2OC32CCCC2)c1. The molecule has 0 radical (unpaired) electrons. The minimum atomic E-state index is -0.313. The van der Waals surface area contributed by atoms with Crippen LogP contribution in [0.4, 0.5) is 0 Å². The highest BCUT2D eigenvalue weighted by Crippen LogP contribution is 2.52. The van der Waals surface area contributed by atoms with Crippen LogP contribution in [-0.4, -0.2) is 23.6 Å². The molecule has 1 atom stereocenters. The molecule has 1 spiro atoms. The predicted molar refractivity (Wildman–Crippen MR) is 102 cm³/mol. The average Bonchev–Trinajstić information content (AvgIpc) is 3.31. The van der Waals surface area contributed by atoms with Gasteiger partial charge in [0.1, 0.15) is 11.5 Å². The summed E-state index contributed by atoms with van der Waals surface area (Å²) in [5.74, 6) is 1.81. The van der Waals surface area contributed by atoms with Gasteiger partial charge >= 0.3 is 0 Å². The maximum atomic E-state index is 6.51. The van der Waals surface area contributed by atoms with Crippen LogP contribution in [0.1, 0.15) is 49.3 Å². The van der Waals surface area contributed by atoms with Crippen molar-refractivity contribution in [3.63, 3.8) is 0 Å². The zero-order chi connectivity index (χ0) is 17.7. The molecule has 0 aromatic heterocycles. The van der Waals surface area contributed by atoms with Crippen LogP contribution in [0.5, 0.6) is 11.5 Å². The summed E-state index contributed by atoms with van der Waals surface area (Å²) in [6, 6.07) is 14.3. The second-order valence-corrected chi connectivity index (χ2v) is 7.72. The molecule has 5 heteroatoms. The number of hydrogen-bond acceptors (Lipinski definition) is 4. The second kappa shape index (κ2) is 5.92. The number of hydrogen-bond donors (Lipinski definition) is 0. The van der Waals surface area contributed by atoms with Crippen molar-refractivity contribution in [1.82, 2.24) is 5.01 Å². The number of methoxy groups -OCH3 is 1. The van der Waals surface area contributed by atoms with Gasteiger partial charge in [0.15, 0.2) is 5.72 Å². The van der Waals surface area contributed by atoms with Crippen molar-refractivity contribution in [1.29, 1.82) is 0 Å². The van der Waals surface area contributed by atoms with E-state index < -0.39 is 0 Å². The van der Waals surface area contributed by atoms with Crippen molar-refractivity contribution >= 4 is 17.3 Å². The van der Waals surface area contributed by atoms with E-state index in [1.54, 1.807) is 7.11 Å². The van der Waals surface area contributed by atoms with Gasteiger partial charge in [-0.15, -0.1) is 0 Å². The summed E-state index contributed by atoms with van der Waals surface area (Å²) in [5, 5.41) is 8.00. The molecular formula is C21H21ClN2O2. The molecule has 1 aliphatic carbocycles. The summed E-state index contributed by atoms with van der Waals surface area (Å²) in [5.41, 5.74) is 3.01. The number of ether oxygens (including phenoxy) is 2. The maximum absolute atomic E-state index is 6.51. The quantitative estimate of drug-likeness (QED) is 0.734. The standard InChI is InChI=1S/C21H21ClN2O2/c1-25-16-6-4-5-14(11-16)18-13-19-17-12-15(22)7-8-20(17)26-21(24(19)23-18)9-2-3-10-21/h4-8,11-12,19H,2-3,9-10,13H2,1H3/t19-/m0/s1. The van der Waals surface area contributed by atoms with Gasteiger partial charge in [-0.3, -0.25) is 0 Å². The molecule has 0 N–H and O–H groups in total. The van der Waals surface area contributed by atoms with E-state index in [-0.39, 0.29) is 11.8 Å². The topological polar surface area (TPSA) is 34.1 Å². The van der Waals surface area contributed by atoms with Gasteiger partial charge in [0.2, 0.25) is 0 Å². The molecule has 134 valence electrons. The Morgan fingerprint density at radius 2 is 2.04 bits per heavy atom. The van der Waals surface area contributed by atoms with Crippen molar-refractivity contribution < 1.29 is 9.47 Å². The number of nitrogens with zero attached hydrogens (tertiary/aromatic N) is 2. The minimum Gasteiger partial charge on any atom is -0.497 e. The lowest BCUT2D eigenvalue weighted by Crippen LogP contribution is -2.51. The lowest BCUT2D eigenvalue weighted by Gasteiger charge is -2.45. The van der Waals surface area contributed by atoms with Crippen LogP contribution >= 0.6 is 11.6 Å². The van der Waals surface area contributed by atoms with E-state index in [0.717, 1.165) is 52.6 Å². The monoisotopic (exact) mass is 368 g/mol. The van der Waals surface area contributed by atoms with Gasteiger partial charge in [0, 0.05) is 35.4 Å². The predicted octanol–water partition coefficient (Wildman–Crippen LogP) is 5.16. The van der Waals surface area contributed by atoms with Crippen LogP contribution in [0, 0.1) is 0 Å². The third-order valence-corrected chi connectivity index (χ3v) is 5.98. The first kappa shape index (κ1) is 16.0. The van der Waals surface area contributed by atoms with E-state index in [9.17, 15) is 0 Å². The highest BCUT2D eigenvalue weighted by atomic mass is 35.5. The van der Waals surface area contributed by atoms with E-state index in [2.05, 4.69) is 17.1 Å². The highest BCUT2D eigenvalue weighted by molar-refractivity contribution is 6.30. The Balaban J connectivity index is 1.59. The van der Waals surface area contributed by atoms with Crippen LogP contribution in [-0.2, 0) is 0 Å². The Kier molecular flexibility index (Phi) is 3.64. The first-order valence-corrected chi connectivity index (χ1v) is 9.56. The third-order valence-electron chi connectivity index (χ3n) is 5.75. The van der Waals surface area contributed by atoms with Crippen molar-refractivity contribution in [2.45, 2.75) is 43.9 Å². The van der Waals surface area contributed by atoms with Gasteiger partial charge in [-0.2, -0.15) is 5.10 Å². The fourth-order valence-electron chi connectivity index (χ4n) is 4.49. The lowest BCUT2D eigenvalue weighted by atomic mass is 9.94. The molecule has 2 aromatic rings. The van der Waals surface area contributed by atoms with Gasteiger partial charge in [0.25, 0.3) is 0 Å². The van der Waals surface area contributed by atoms with E-state index in [0.29, 0.717) is 0 Å². The lowest BCUT2D eigenvalue weighted by molar-refractivity contribution is -0.114. The first-order chi connectivity index (χ1) is 12.7. The zero-order valence-electron chi connectivity index (χ0n) is 14.7. The summed E-state index contributed by atoms with van der Waals surface area (Å²) >= 11 is 6.28. The highest BCUT2D eigenvalue weighted by Gasteiger charge is 2.51. The van der Waals surface area contributed by atoms with Crippen molar-refractivity contribution in [3.8, 4) is 11.5 Å². The summed E-state index contributed by atoms with van der Waals surface area (Å²) in [4.78, 5) is 0. The summed E-state index contributed by atoms with van der Waals surface area (Å²) in [7, 11) is 1.69. The Morgan fingerprint density at radius 1 is 1.19 bits per heavy atom. The molecular weight excluding hydrogens is 348 g/mol. The van der Waals surface area contributed by atoms with Crippen LogP contribution < -0.4 is 9.47 Å². The van der Waals surface area contributed by atoms with Crippen LogP contribution in [0.2, 0.25) is 5.02 Å². The van der Waals surface area contributed by atoms with Gasteiger partial charge in [-0.25, -0.2) is 5.01 Å². The summed E-state index contributed by atoms with van der Waals surface area (Å²) < 4.78 is 11.9. The van der Waals surface area contributed by atoms with E-state index in [4.69, 9.17) is 26.2 Å². The Bertz CT molecular complexity index is 889. The second-order valence-electron chi connectivity index (χ2n) is 7.28. The molecule has 2 aliphatic heterocycles. The Morgan fingerprint density at radius 3 is 2.85 bits per heavy atom. The normalized spacial score (nSPS) is 22.6. The largest absolute Gasteiger partial charge is 0.497 e. The maximum Gasteiger partial charge on any atom is 0.198 e. The van der Waals surface area contributed by atoms with Crippen LogP contribution in [0.3, 0.4) is 0 Å². The molecule has 1 saturated carbocycles. The average molecular weight is 369 g/mol. The van der Waals surface area contributed by atoms with Gasteiger partial charge < -0.3 is 9.47 Å². The van der Waals surface area contributed by atoms with Gasteiger partial charge in [0.05, 0.1) is 18.9 Å². The van der Waals surface area contributed by atoms with Crippen molar-refractivity contribution in [3.05, 3.63) is 58.6 Å². The summed E-state index contributed by atoms with van der Waals surface area (Å²) in [6.07, 6.45) is 5.23. The van der Waals surface area contributed by atoms with Crippen molar-refractivity contribution in [2.24, 2.45) is 5.10 Å². The molecule has 5 rings (SSSR count). The smallest absolute Gasteiger partial charge is 0.198 e. The first-order valence-electron chi connectivity index (χ1n) is 9.18. The molecule has 2 heterocycles. The molecule has 0 amide bonds. The molecule has 4 nitrogen and oxygen atoms in total. The van der Waals surface area contributed by atoms with E-state index >= 15 is 0 Å². The fourth-order valence-corrected chi connectivity index (χ4v) is 4.67. The Hall–Kier alpha value is -2.20. The van der Waals surface area contributed by atoms with Crippen molar-refractivity contribution in [2.75, 3.05) is 7.11 Å². The van der Waals surface area contributed by atoms with E-state index in [1.807, 2.05) is 30.3 Å². The molecule has 0 bridgehead atoms. The molecule has 2 aromatic carbocycles. The number of hydrazone groups is 1. The van der Waals surface area contributed by atoms with Gasteiger partial charge in [-0.05, 0) is 43.2 Å². The van der Waals surface area contributed by atoms with Crippen LogP contribution in [0.25, 0.3) is 0 Å². The summed E-state index contributed by atoms with van der Waals surface area (Å²) in [6.45, 7) is 0. The zero-order valence-corrected chi connectivity index (χ0v) is 15.5. The number of fused-ring (bicyclic) bond motifs is 4. The molecule has 1 fully saturated rings. The molecule has 0 saturated heterocycles. The fraction of sp³-hybridized carbons (Fsp3) is 0.381. The van der Waals surface area contributed by atoms with Gasteiger partial charge in [-0.1, -0.05) is 23.7 Å².